The lowest BCUT2D eigenvalue weighted by molar-refractivity contribution is 0.597. The van der Waals surface area contributed by atoms with Crippen molar-refractivity contribution in [3.63, 3.8) is 0 Å². The molecule has 0 saturated carbocycles. The minimum Gasteiger partial charge on any atom is -0.385 e. The molecule has 3 rings (SSSR count). The van der Waals surface area contributed by atoms with Crippen LogP contribution in [-0.4, -0.2) is 19.1 Å². The molecule has 0 aliphatic heterocycles. The minimum atomic E-state index is -1.05. The lowest BCUT2D eigenvalue weighted by atomic mass is 9.86. The predicted molar refractivity (Wildman–Crippen MR) is 124 cm³/mol. The summed E-state index contributed by atoms with van der Waals surface area (Å²) in [6.07, 6.45) is 1.06. The summed E-state index contributed by atoms with van der Waals surface area (Å²) in [5.74, 6) is -1.41. The predicted octanol–water partition coefficient (Wildman–Crippen LogP) is 1.20. The maximum Gasteiger partial charge on any atom is 0.329 e. The monoisotopic (exact) mass is 460 g/mol. The van der Waals surface area contributed by atoms with Gasteiger partial charge in [0.2, 0.25) is 0 Å². The molecule has 2 aromatic heterocycles. The summed E-state index contributed by atoms with van der Waals surface area (Å²) in [5, 5.41) is 0.447. The van der Waals surface area contributed by atoms with Gasteiger partial charge in [0.05, 0.1) is 17.0 Å². The SMILES string of the molecule is CCCn1c(=O)[nH]c(N)c(C(c2ccc(Cl)cc2)c2c(N)[nH]c(=O)n(CCC)c2=O)c1=O. The van der Waals surface area contributed by atoms with Gasteiger partial charge in [-0.3, -0.25) is 28.7 Å². The van der Waals surface area contributed by atoms with Crippen molar-refractivity contribution in [2.75, 3.05) is 11.5 Å². The topological polar surface area (TPSA) is 162 Å². The molecule has 6 N–H and O–H groups in total. The third-order valence-corrected chi connectivity index (χ3v) is 5.43. The van der Waals surface area contributed by atoms with Gasteiger partial charge in [-0.05, 0) is 30.5 Å². The van der Waals surface area contributed by atoms with Crippen molar-refractivity contribution < 1.29 is 0 Å². The average molecular weight is 461 g/mol. The van der Waals surface area contributed by atoms with Crippen molar-refractivity contribution in [2.24, 2.45) is 0 Å². The van der Waals surface area contributed by atoms with Crippen molar-refractivity contribution in [3.05, 3.63) is 87.7 Å². The molecule has 0 fully saturated rings. The second-order valence-electron chi connectivity index (χ2n) is 7.41. The molecule has 0 radical (unpaired) electrons. The smallest absolute Gasteiger partial charge is 0.329 e. The Kier molecular flexibility index (Phi) is 6.73. The summed E-state index contributed by atoms with van der Waals surface area (Å²) in [6.45, 7) is 3.97. The van der Waals surface area contributed by atoms with Crippen LogP contribution in [0.15, 0.2) is 43.4 Å². The molecule has 1 aromatic carbocycles. The summed E-state index contributed by atoms with van der Waals surface area (Å²) >= 11 is 6.03. The van der Waals surface area contributed by atoms with E-state index < -0.39 is 28.4 Å². The second kappa shape index (κ2) is 9.31. The first-order chi connectivity index (χ1) is 15.2. The largest absolute Gasteiger partial charge is 0.385 e. The van der Waals surface area contributed by atoms with Gasteiger partial charge in [-0.15, -0.1) is 0 Å². The molecule has 10 nitrogen and oxygen atoms in total. The van der Waals surface area contributed by atoms with Gasteiger partial charge in [-0.2, -0.15) is 0 Å². The number of halogens is 1. The van der Waals surface area contributed by atoms with Crippen LogP contribution in [0.25, 0.3) is 0 Å². The summed E-state index contributed by atoms with van der Waals surface area (Å²) in [7, 11) is 0. The molecule has 0 unspecified atom stereocenters. The number of hydrogen-bond donors (Lipinski definition) is 4. The van der Waals surface area contributed by atoms with Crippen LogP contribution in [0.3, 0.4) is 0 Å². The highest BCUT2D eigenvalue weighted by atomic mass is 35.5. The molecule has 2 heterocycles. The number of nitrogens with zero attached hydrogens (tertiary/aromatic N) is 2. The lowest BCUT2D eigenvalue weighted by Gasteiger charge is -2.22. The molecular formula is C21H25ClN6O4. The molecule has 0 spiro atoms. The molecule has 0 amide bonds. The minimum absolute atomic E-state index is 0.0146. The fraction of sp³-hybridized carbons (Fsp3) is 0.333. The van der Waals surface area contributed by atoms with Crippen molar-refractivity contribution >= 4 is 23.2 Å². The van der Waals surface area contributed by atoms with E-state index in [4.69, 9.17) is 23.1 Å². The Bertz CT molecular complexity index is 1280. The highest BCUT2D eigenvalue weighted by Gasteiger charge is 2.30. The number of anilines is 2. The van der Waals surface area contributed by atoms with Gasteiger partial charge >= 0.3 is 11.4 Å². The Morgan fingerprint density at radius 2 is 1.22 bits per heavy atom. The van der Waals surface area contributed by atoms with E-state index in [1.165, 1.54) is 0 Å². The maximum absolute atomic E-state index is 13.4. The van der Waals surface area contributed by atoms with Crippen LogP contribution in [0.2, 0.25) is 5.02 Å². The second-order valence-corrected chi connectivity index (χ2v) is 7.85. The van der Waals surface area contributed by atoms with E-state index in [0.717, 1.165) is 9.13 Å². The van der Waals surface area contributed by atoms with Gasteiger partial charge in [0, 0.05) is 18.1 Å². The van der Waals surface area contributed by atoms with Crippen LogP contribution >= 0.6 is 11.6 Å². The summed E-state index contributed by atoms with van der Waals surface area (Å²) in [6, 6.07) is 6.47. The van der Waals surface area contributed by atoms with E-state index in [-0.39, 0.29) is 35.9 Å². The summed E-state index contributed by atoms with van der Waals surface area (Å²) in [5.41, 5.74) is 10.1. The number of nitrogens with two attached hydrogens (primary N) is 2. The number of aromatic amines is 2. The van der Waals surface area contributed by atoms with Crippen molar-refractivity contribution in [2.45, 2.75) is 45.7 Å². The molecule has 0 aliphatic carbocycles. The first-order valence-electron chi connectivity index (χ1n) is 10.2. The van der Waals surface area contributed by atoms with Crippen molar-refractivity contribution in [1.29, 1.82) is 0 Å². The van der Waals surface area contributed by atoms with Gasteiger partial charge < -0.3 is 11.5 Å². The zero-order valence-corrected chi connectivity index (χ0v) is 18.5. The standard InChI is InChI=1S/C21H25ClN6O4/c1-3-9-27-18(29)14(16(23)25-20(27)31)13(11-5-7-12(22)8-6-11)15-17(24)26-21(32)28(10-4-2)19(15)30/h5-8,13H,3-4,9-10,23-24H2,1-2H3,(H,25,31)(H,26,32). The number of nitrogens with one attached hydrogen (secondary N) is 2. The number of hydrogen-bond acceptors (Lipinski definition) is 6. The fourth-order valence-electron chi connectivity index (χ4n) is 3.75. The molecule has 3 aromatic rings. The lowest BCUT2D eigenvalue weighted by Crippen LogP contribution is -2.42. The van der Waals surface area contributed by atoms with Gasteiger partial charge in [0.25, 0.3) is 11.1 Å². The van der Waals surface area contributed by atoms with Crippen LogP contribution in [-0.2, 0) is 13.1 Å². The van der Waals surface area contributed by atoms with Crippen LogP contribution in [0.1, 0.15) is 49.3 Å². The maximum atomic E-state index is 13.4. The van der Waals surface area contributed by atoms with E-state index in [2.05, 4.69) is 9.97 Å². The van der Waals surface area contributed by atoms with Gasteiger partial charge in [-0.25, -0.2) is 9.59 Å². The van der Waals surface area contributed by atoms with Crippen LogP contribution < -0.4 is 34.0 Å². The first-order valence-corrected chi connectivity index (χ1v) is 10.6. The molecule has 0 bridgehead atoms. The Balaban J connectivity index is 2.46. The highest BCUT2D eigenvalue weighted by Crippen LogP contribution is 2.33. The molecule has 32 heavy (non-hydrogen) atoms. The van der Waals surface area contributed by atoms with Crippen LogP contribution in [0, 0.1) is 0 Å². The summed E-state index contributed by atoms with van der Waals surface area (Å²) < 4.78 is 2.06. The third kappa shape index (κ3) is 4.13. The molecular weight excluding hydrogens is 436 g/mol. The van der Waals surface area contributed by atoms with Crippen LogP contribution in [0.4, 0.5) is 11.6 Å². The Labute approximate surface area is 187 Å². The first kappa shape index (κ1) is 23.1. The quantitative estimate of drug-likeness (QED) is 0.414. The molecule has 170 valence electrons. The molecule has 0 saturated heterocycles. The van der Waals surface area contributed by atoms with Gasteiger partial charge in [0.15, 0.2) is 0 Å². The van der Waals surface area contributed by atoms with Crippen molar-refractivity contribution in [3.8, 4) is 0 Å². The van der Waals surface area contributed by atoms with E-state index in [0.29, 0.717) is 23.4 Å². The molecule has 11 heteroatoms. The fourth-order valence-corrected chi connectivity index (χ4v) is 3.88. The molecule has 0 aliphatic rings. The van der Waals surface area contributed by atoms with Crippen molar-refractivity contribution in [1.82, 2.24) is 19.1 Å². The Morgan fingerprint density at radius 3 is 1.59 bits per heavy atom. The van der Waals surface area contributed by atoms with E-state index in [1.807, 2.05) is 13.8 Å². The van der Waals surface area contributed by atoms with Crippen LogP contribution in [0.5, 0.6) is 0 Å². The number of H-pyrrole nitrogens is 2. The number of aromatic nitrogens is 4. The Hall–Kier alpha value is -3.53. The zero-order chi connectivity index (χ0) is 23.6. The molecule has 0 atom stereocenters. The van der Waals surface area contributed by atoms with Gasteiger partial charge in [-0.1, -0.05) is 37.6 Å². The Morgan fingerprint density at radius 1 is 0.812 bits per heavy atom. The normalized spacial score (nSPS) is 11.2. The van der Waals surface area contributed by atoms with E-state index in [9.17, 15) is 19.2 Å². The van der Waals surface area contributed by atoms with Gasteiger partial charge in [0.1, 0.15) is 11.6 Å². The average Bonchev–Trinajstić information content (AvgIpc) is 2.73. The highest BCUT2D eigenvalue weighted by molar-refractivity contribution is 6.30. The summed E-state index contributed by atoms with van der Waals surface area (Å²) in [4.78, 5) is 56.4. The van der Waals surface area contributed by atoms with E-state index >= 15 is 0 Å². The van der Waals surface area contributed by atoms with E-state index in [1.54, 1.807) is 24.3 Å². The number of benzene rings is 1. The third-order valence-electron chi connectivity index (χ3n) is 5.18. The number of rotatable bonds is 7. The number of nitrogen functional groups attached to an aromatic ring is 2. The zero-order valence-electron chi connectivity index (χ0n) is 17.8.